The van der Waals surface area contributed by atoms with Crippen molar-refractivity contribution in [2.45, 2.75) is 6.17 Å². The van der Waals surface area contributed by atoms with E-state index in [-0.39, 0.29) is 11.2 Å². The number of aliphatic imine (C=N–C) groups is 3. The van der Waals surface area contributed by atoms with Gasteiger partial charge in [0.15, 0.2) is 11.9 Å². The van der Waals surface area contributed by atoms with Crippen LogP contribution >= 0.6 is 11.6 Å². The van der Waals surface area contributed by atoms with E-state index in [9.17, 15) is 4.79 Å². The number of amides is 1. The van der Waals surface area contributed by atoms with Crippen molar-refractivity contribution in [2.24, 2.45) is 15.0 Å². The maximum Gasteiger partial charge on any atom is 0.276 e. The number of carbonyl (C=O) groups excluding carboxylic acids is 1. The van der Waals surface area contributed by atoms with Gasteiger partial charge in [0.1, 0.15) is 6.34 Å². The standard InChI is InChI=1S/C5H3ClN4O/c6-5-9-3-2(4(11)10-5)7-1-8-3/h1,3H,(H,9,10,11). The molecule has 1 amide bonds. The van der Waals surface area contributed by atoms with Crippen LogP contribution < -0.4 is 5.32 Å². The van der Waals surface area contributed by atoms with Gasteiger partial charge in [0.25, 0.3) is 5.91 Å². The Labute approximate surface area is 66.9 Å². The molecule has 1 atom stereocenters. The first-order chi connectivity index (χ1) is 5.27. The van der Waals surface area contributed by atoms with Crippen LogP contribution in [0.2, 0.25) is 0 Å². The molecule has 1 unspecified atom stereocenters. The Morgan fingerprint density at radius 3 is 3.27 bits per heavy atom. The molecule has 56 valence electrons. The van der Waals surface area contributed by atoms with Gasteiger partial charge in [0.2, 0.25) is 5.29 Å². The summed E-state index contributed by atoms with van der Waals surface area (Å²) in [6.45, 7) is 0. The van der Waals surface area contributed by atoms with Gasteiger partial charge in [-0.15, -0.1) is 0 Å². The zero-order chi connectivity index (χ0) is 7.84. The lowest BCUT2D eigenvalue weighted by atomic mass is 10.3. The number of rotatable bonds is 0. The van der Waals surface area contributed by atoms with E-state index in [0.29, 0.717) is 5.71 Å². The molecular weight excluding hydrogens is 168 g/mol. The smallest absolute Gasteiger partial charge is 0.276 e. The zero-order valence-electron chi connectivity index (χ0n) is 5.28. The van der Waals surface area contributed by atoms with E-state index < -0.39 is 6.17 Å². The second-order valence-corrected chi connectivity index (χ2v) is 2.38. The average Bonchev–Trinajstić information content (AvgIpc) is 2.34. The van der Waals surface area contributed by atoms with Crippen molar-refractivity contribution in [3.8, 4) is 0 Å². The first kappa shape index (κ1) is 6.48. The predicted molar refractivity (Wildman–Crippen MR) is 41.1 cm³/mol. The molecule has 0 aromatic rings. The van der Waals surface area contributed by atoms with E-state index in [0.717, 1.165) is 0 Å². The molecule has 0 spiro atoms. The Hall–Kier alpha value is -1.23. The van der Waals surface area contributed by atoms with Gasteiger partial charge in [0, 0.05) is 0 Å². The van der Waals surface area contributed by atoms with E-state index >= 15 is 0 Å². The number of carbonyl (C=O) groups is 1. The van der Waals surface area contributed by atoms with E-state index in [4.69, 9.17) is 11.6 Å². The van der Waals surface area contributed by atoms with E-state index in [2.05, 4.69) is 20.3 Å². The average molecular weight is 171 g/mol. The highest BCUT2D eigenvalue weighted by Crippen LogP contribution is 2.08. The van der Waals surface area contributed by atoms with Crippen LogP contribution in [0.4, 0.5) is 0 Å². The summed E-state index contributed by atoms with van der Waals surface area (Å²) >= 11 is 5.47. The van der Waals surface area contributed by atoms with Crippen LogP contribution in [0.3, 0.4) is 0 Å². The molecule has 2 rings (SSSR count). The molecule has 2 aliphatic rings. The third kappa shape index (κ3) is 0.932. The molecule has 0 radical (unpaired) electrons. The molecule has 6 heteroatoms. The second kappa shape index (κ2) is 2.13. The maximum atomic E-state index is 11.0. The topological polar surface area (TPSA) is 66.2 Å². The number of hydrogen-bond acceptors (Lipinski definition) is 4. The van der Waals surface area contributed by atoms with Crippen LogP contribution in [0, 0.1) is 0 Å². The molecule has 0 fully saturated rings. The normalized spacial score (nSPS) is 27.4. The van der Waals surface area contributed by atoms with Gasteiger partial charge in [-0.05, 0) is 11.6 Å². The van der Waals surface area contributed by atoms with Gasteiger partial charge in [-0.1, -0.05) is 0 Å². The predicted octanol–water partition coefficient (Wildman–Crippen LogP) is -0.480. The number of hydrogen-bond donors (Lipinski definition) is 1. The molecule has 2 aliphatic heterocycles. The number of nitrogens with zero attached hydrogens (tertiary/aromatic N) is 3. The van der Waals surface area contributed by atoms with Crippen molar-refractivity contribution >= 4 is 34.9 Å². The number of fused-ring (bicyclic) bond motifs is 1. The van der Waals surface area contributed by atoms with Gasteiger partial charge in [0.05, 0.1) is 0 Å². The van der Waals surface area contributed by atoms with Gasteiger partial charge < -0.3 is 0 Å². The van der Waals surface area contributed by atoms with Crippen molar-refractivity contribution in [3.05, 3.63) is 0 Å². The maximum absolute atomic E-state index is 11.0. The fourth-order valence-corrected chi connectivity index (χ4v) is 1.04. The van der Waals surface area contributed by atoms with Crippen LogP contribution in [0.1, 0.15) is 0 Å². The molecular formula is C5H3ClN4O. The lowest BCUT2D eigenvalue weighted by Crippen LogP contribution is -2.42. The minimum atomic E-state index is -0.517. The molecule has 11 heavy (non-hydrogen) atoms. The van der Waals surface area contributed by atoms with Crippen molar-refractivity contribution < 1.29 is 4.79 Å². The van der Waals surface area contributed by atoms with Crippen LogP contribution in [0.25, 0.3) is 0 Å². The molecule has 5 nitrogen and oxygen atoms in total. The van der Waals surface area contributed by atoms with Crippen LogP contribution in [0.15, 0.2) is 15.0 Å². The van der Waals surface area contributed by atoms with E-state index in [1.165, 1.54) is 6.34 Å². The summed E-state index contributed by atoms with van der Waals surface area (Å²) < 4.78 is 0. The summed E-state index contributed by atoms with van der Waals surface area (Å²) in [7, 11) is 0. The molecule has 0 aromatic carbocycles. The summed E-state index contributed by atoms with van der Waals surface area (Å²) in [6, 6.07) is 0. The third-order valence-electron chi connectivity index (χ3n) is 1.33. The Balaban J connectivity index is 2.42. The molecule has 0 aliphatic carbocycles. The highest BCUT2D eigenvalue weighted by molar-refractivity contribution is 6.69. The summed E-state index contributed by atoms with van der Waals surface area (Å²) in [5.74, 6) is -0.326. The Morgan fingerprint density at radius 2 is 2.45 bits per heavy atom. The Bertz CT molecular complexity index is 306. The molecule has 0 bridgehead atoms. The van der Waals surface area contributed by atoms with Gasteiger partial charge in [-0.25, -0.2) is 15.0 Å². The molecule has 0 saturated heterocycles. The monoisotopic (exact) mass is 170 g/mol. The third-order valence-corrected chi connectivity index (χ3v) is 1.53. The first-order valence-electron chi connectivity index (χ1n) is 2.91. The summed E-state index contributed by atoms with van der Waals surface area (Å²) in [5, 5.41) is 2.38. The van der Waals surface area contributed by atoms with Crippen molar-refractivity contribution in [1.29, 1.82) is 0 Å². The van der Waals surface area contributed by atoms with Gasteiger partial charge >= 0.3 is 0 Å². The van der Waals surface area contributed by atoms with Crippen molar-refractivity contribution in [2.75, 3.05) is 0 Å². The van der Waals surface area contributed by atoms with E-state index in [1.807, 2.05) is 0 Å². The van der Waals surface area contributed by atoms with Crippen LogP contribution in [-0.4, -0.2) is 29.4 Å². The molecule has 0 saturated carbocycles. The second-order valence-electron chi connectivity index (χ2n) is 2.03. The summed E-state index contributed by atoms with van der Waals surface area (Å²) in [5.41, 5.74) is 0.300. The van der Waals surface area contributed by atoms with Crippen LogP contribution in [0.5, 0.6) is 0 Å². The van der Waals surface area contributed by atoms with Crippen molar-refractivity contribution in [1.82, 2.24) is 5.32 Å². The van der Waals surface area contributed by atoms with Gasteiger partial charge in [-0.3, -0.25) is 10.1 Å². The number of amidine groups is 1. The van der Waals surface area contributed by atoms with Gasteiger partial charge in [-0.2, -0.15) is 0 Å². The summed E-state index contributed by atoms with van der Waals surface area (Å²) in [4.78, 5) is 22.3. The highest BCUT2D eigenvalue weighted by atomic mass is 35.5. The molecule has 0 aromatic heterocycles. The molecule has 2 heterocycles. The fraction of sp³-hybridized carbons (Fsp3) is 0.200. The Morgan fingerprint density at radius 1 is 1.64 bits per heavy atom. The molecule has 1 N–H and O–H groups in total. The first-order valence-corrected chi connectivity index (χ1v) is 3.29. The SMILES string of the molecule is O=C1NC(Cl)=NC2N=CN=C12. The van der Waals surface area contributed by atoms with Crippen LogP contribution in [-0.2, 0) is 4.79 Å². The number of halogens is 1. The minimum absolute atomic E-state index is 0.0676. The fourth-order valence-electron chi connectivity index (χ4n) is 0.864. The quantitative estimate of drug-likeness (QED) is 0.491. The largest absolute Gasteiger partial charge is 0.296 e. The lowest BCUT2D eigenvalue weighted by Gasteiger charge is -2.12. The van der Waals surface area contributed by atoms with Crippen molar-refractivity contribution in [3.63, 3.8) is 0 Å². The highest BCUT2D eigenvalue weighted by Gasteiger charge is 2.29. The lowest BCUT2D eigenvalue weighted by molar-refractivity contribution is -0.113. The zero-order valence-corrected chi connectivity index (χ0v) is 6.04. The minimum Gasteiger partial charge on any atom is -0.296 e. The number of nitrogens with one attached hydrogen (secondary N) is 1. The summed E-state index contributed by atoms with van der Waals surface area (Å²) in [6.07, 6.45) is 0.787. The van der Waals surface area contributed by atoms with E-state index in [1.54, 1.807) is 0 Å². The Kier molecular flexibility index (Phi) is 1.25.